The molecule has 1 heterocycles. The molecule has 2 rings (SSSR count). The third-order valence-corrected chi connectivity index (χ3v) is 3.42. The van der Waals surface area contributed by atoms with E-state index < -0.39 is 0 Å². The second-order valence-electron chi connectivity index (χ2n) is 4.20. The Morgan fingerprint density at radius 1 is 1.19 bits per heavy atom. The summed E-state index contributed by atoms with van der Waals surface area (Å²) in [7, 11) is 4.06. The Morgan fingerprint density at radius 3 is 2.50 bits per heavy atom. The van der Waals surface area contributed by atoms with Crippen LogP contribution in [0.4, 0.5) is 11.4 Å². The van der Waals surface area contributed by atoms with Gasteiger partial charge in [-0.1, -0.05) is 11.6 Å². The van der Waals surface area contributed by atoms with Crippen LogP contribution in [0.2, 0.25) is 5.02 Å². The van der Waals surface area contributed by atoms with Crippen molar-refractivity contribution in [1.29, 1.82) is 0 Å². The Kier molecular flexibility index (Phi) is 3.56. The van der Waals surface area contributed by atoms with Gasteiger partial charge in [0.1, 0.15) is 0 Å². The number of nitrogens with zero attached hydrogens (tertiary/aromatic N) is 2. The second kappa shape index (κ2) is 4.93. The summed E-state index contributed by atoms with van der Waals surface area (Å²) < 4.78 is 0. The van der Waals surface area contributed by atoms with Gasteiger partial charge in [0.15, 0.2) is 0 Å². The number of benzene rings is 1. The standard InChI is InChI=1S/C12H18ClN3/c1-14-12-9-10(3-4-11(12)13)16-7-5-15(2)6-8-16/h3-4,9,14H,5-8H2,1-2H3. The van der Waals surface area contributed by atoms with Gasteiger partial charge in [-0.3, -0.25) is 0 Å². The number of hydrogen-bond donors (Lipinski definition) is 1. The molecule has 1 N–H and O–H groups in total. The Bertz CT molecular complexity index is 359. The molecular weight excluding hydrogens is 222 g/mol. The van der Waals surface area contributed by atoms with Crippen molar-refractivity contribution < 1.29 is 0 Å². The lowest BCUT2D eigenvalue weighted by Crippen LogP contribution is -2.44. The summed E-state index contributed by atoms with van der Waals surface area (Å²) >= 11 is 6.07. The van der Waals surface area contributed by atoms with Gasteiger partial charge in [-0.25, -0.2) is 0 Å². The molecule has 0 bridgehead atoms. The zero-order chi connectivity index (χ0) is 11.5. The predicted molar refractivity (Wildman–Crippen MR) is 70.7 cm³/mol. The van der Waals surface area contributed by atoms with Crippen LogP contribution in [-0.2, 0) is 0 Å². The fourth-order valence-corrected chi connectivity index (χ4v) is 2.18. The topological polar surface area (TPSA) is 18.5 Å². The zero-order valence-corrected chi connectivity index (χ0v) is 10.6. The van der Waals surface area contributed by atoms with E-state index in [4.69, 9.17) is 11.6 Å². The van der Waals surface area contributed by atoms with E-state index in [1.807, 2.05) is 13.1 Å². The van der Waals surface area contributed by atoms with Crippen molar-refractivity contribution in [3.8, 4) is 0 Å². The number of nitrogens with one attached hydrogen (secondary N) is 1. The molecule has 1 saturated heterocycles. The largest absolute Gasteiger partial charge is 0.387 e. The van der Waals surface area contributed by atoms with Gasteiger partial charge in [-0.2, -0.15) is 0 Å². The first kappa shape index (κ1) is 11.6. The van der Waals surface area contributed by atoms with Crippen LogP contribution in [0.25, 0.3) is 0 Å². The van der Waals surface area contributed by atoms with E-state index in [1.165, 1.54) is 5.69 Å². The van der Waals surface area contributed by atoms with E-state index in [0.29, 0.717) is 0 Å². The number of anilines is 2. The quantitative estimate of drug-likeness (QED) is 0.853. The molecule has 3 nitrogen and oxygen atoms in total. The van der Waals surface area contributed by atoms with Gasteiger partial charge < -0.3 is 15.1 Å². The van der Waals surface area contributed by atoms with Gasteiger partial charge in [0.25, 0.3) is 0 Å². The van der Waals surface area contributed by atoms with E-state index >= 15 is 0 Å². The minimum atomic E-state index is 0.778. The monoisotopic (exact) mass is 239 g/mol. The van der Waals surface area contributed by atoms with Crippen LogP contribution in [0.1, 0.15) is 0 Å². The highest BCUT2D eigenvalue weighted by molar-refractivity contribution is 6.33. The molecule has 0 radical (unpaired) electrons. The van der Waals surface area contributed by atoms with Crippen LogP contribution in [0.5, 0.6) is 0 Å². The average molecular weight is 240 g/mol. The molecule has 4 heteroatoms. The molecule has 0 spiro atoms. The number of piperazine rings is 1. The maximum atomic E-state index is 6.07. The van der Waals surface area contributed by atoms with Gasteiger partial charge in [0, 0.05) is 38.9 Å². The molecule has 0 atom stereocenters. The fraction of sp³-hybridized carbons (Fsp3) is 0.500. The van der Waals surface area contributed by atoms with Crippen molar-refractivity contribution in [2.24, 2.45) is 0 Å². The number of halogens is 1. The molecule has 1 aromatic rings. The maximum Gasteiger partial charge on any atom is 0.0638 e. The molecule has 0 amide bonds. The van der Waals surface area contributed by atoms with Gasteiger partial charge >= 0.3 is 0 Å². The Labute approximate surface area is 102 Å². The van der Waals surface area contributed by atoms with Crippen LogP contribution in [0.3, 0.4) is 0 Å². The average Bonchev–Trinajstić information content (AvgIpc) is 2.31. The van der Waals surface area contributed by atoms with Crippen molar-refractivity contribution >= 4 is 23.0 Å². The second-order valence-corrected chi connectivity index (χ2v) is 4.61. The third kappa shape index (κ3) is 2.42. The first-order valence-corrected chi connectivity index (χ1v) is 5.99. The smallest absolute Gasteiger partial charge is 0.0638 e. The Balaban J connectivity index is 2.14. The highest BCUT2D eigenvalue weighted by Gasteiger charge is 2.14. The summed E-state index contributed by atoms with van der Waals surface area (Å²) in [6.45, 7) is 4.41. The van der Waals surface area contributed by atoms with Crippen LogP contribution in [0.15, 0.2) is 18.2 Å². The summed E-state index contributed by atoms with van der Waals surface area (Å²) in [5.41, 5.74) is 2.25. The highest BCUT2D eigenvalue weighted by atomic mass is 35.5. The first-order chi connectivity index (χ1) is 7.70. The van der Waals surface area contributed by atoms with Gasteiger partial charge in [-0.15, -0.1) is 0 Å². The van der Waals surface area contributed by atoms with Crippen molar-refractivity contribution in [2.45, 2.75) is 0 Å². The summed E-state index contributed by atoms with van der Waals surface area (Å²) in [6.07, 6.45) is 0. The molecule has 1 fully saturated rings. The minimum Gasteiger partial charge on any atom is -0.387 e. The number of hydrogen-bond acceptors (Lipinski definition) is 3. The van der Waals surface area contributed by atoms with Crippen molar-refractivity contribution in [2.75, 3.05) is 50.5 Å². The van der Waals surface area contributed by atoms with Crippen molar-refractivity contribution in [1.82, 2.24) is 4.90 Å². The van der Waals surface area contributed by atoms with Crippen molar-refractivity contribution in [3.63, 3.8) is 0 Å². The fourth-order valence-electron chi connectivity index (χ4n) is 1.97. The van der Waals surface area contributed by atoms with E-state index in [9.17, 15) is 0 Å². The van der Waals surface area contributed by atoms with E-state index in [-0.39, 0.29) is 0 Å². The Hall–Kier alpha value is -0.930. The number of likely N-dealkylation sites (N-methyl/N-ethyl adjacent to an activating group) is 1. The molecule has 88 valence electrons. The Morgan fingerprint density at radius 2 is 1.88 bits per heavy atom. The molecule has 1 aliphatic heterocycles. The summed E-state index contributed by atoms with van der Waals surface area (Å²) in [6, 6.07) is 6.17. The molecule has 0 unspecified atom stereocenters. The SMILES string of the molecule is CNc1cc(N2CCN(C)CC2)ccc1Cl. The van der Waals surface area contributed by atoms with Gasteiger partial charge in [-0.05, 0) is 25.2 Å². The van der Waals surface area contributed by atoms with Crippen LogP contribution in [0, 0.1) is 0 Å². The van der Waals surface area contributed by atoms with E-state index in [0.717, 1.165) is 36.9 Å². The van der Waals surface area contributed by atoms with E-state index in [2.05, 4.69) is 34.3 Å². The first-order valence-electron chi connectivity index (χ1n) is 5.61. The lowest BCUT2D eigenvalue weighted by atomic mass is 10.2. The molecular formula is C12H18ClN3. The molecule has 1 aromatic carbocycles. The summed E-state index contributed by atoms with van der Waals surface area (Å²) in [4.78, 5) is 4.75. The van der Waals surface area contributed by atoms with Gasteiger partial charge in [0.2, 0.25) is 0 Å². The minimum absolute atomic E-state index is 0.778. The van der Waals surface area contributed by atoms with Crippen LogP contribution in [-0.4, -0.2) is 45.2 Å². The summed E-state index contributed by atoms with van der Waals surface area (Å²) in [5, 5.41) is 3.89. The maximum absolute atomic E-state index is 6.07. The summed E-state index contributed by atoms with van der Waals surface area (Å²) in [5.74, 6) is 0. The lowest BCUT2D eigenvalue weighted by molar-refractivity contribution is 0.313. The number of rotatable bonds is 2. The van der Waals surface area contributed by atoms with Crippen LogP contribution >= 0.6 is 11.6 Å². The predicted octanol–water partition coefficient (Wildman–Crippen LogP) is 2.13. The van der Waals surface area contributed by atoms with E-state index in [1.54, 1.807) is 0 Å². The molecule has 0 aromatic heterocycles. The molecule has 0 saturated carbocycles. The zero-order valence-electron chi connectivity index (χ0n) is 9.83. The molecule has 0 aliphatic carbocycles. The van der Waals surface area contributed by atoms with Crippen LogP contribution < -0.4 is 10.2 Å². The van der Waals surface area contributed by atoms with Gasteiger partial charge in [0.05, 0.1) is 10.7 Å². The lowest BCUT2D eigenvalue weighted by Gasteiger charge is -2.34. The molecule has 1 aliphatic rings. The highest BCUT2D eigenvalue weighted by Crippen LogP contribution is 2.27. The molecule has 16 heavy (non-hydrogen) atoms. The normalized spacial score (nSPS) is 17.6. The third-order valence-electron chi connectivity index (χ3n) is 3.09. The van der Waals surface area contributed by atoms with Crippen molar-refractivity contribution in [3.05, 3.63) is 23.2 Å².